The second kappa shape index (κ2) is 8.52. The molecule has 1 heterocycles. The first-order chi connectivity index (χ1) is 14.3. The average molecular weight is 410 g/mol. The van der Waals surface area contributed by atoms with Gasteiger partial charge in [-0.25, -0.2) is 4.98 Å². The summed E-state index contributed by atoms with van der Waals surface area (Å²) in [5.41, 5.74) is 1.19. The zero-order valence-corrected chi connectivity index (χ0v) is 16.2. The fourth-order valence-corrected chi connectivity index (χ4v) is 2.84. The molecule has 0 aliphatic heterocycles. The number of hydrogen-bond donors (Lipinski definition) is 1. The lowest BCUT2D eigenvalue weighted by molar-refractivity contribution is -0.384. The van der Waals surface area contributed by atoms with Crippen LogP contribution < -0.4 is 10.9 Å². The van der Waals surface area contributed by atoms with Crippen molar-refractivity contribution >= 4 is 34.2 Å². The first-order valence-corrected chi connectivity index (χ1v) is 8.92. The minimum absolute atomic E-state index is 0.0518. The third-order valence-electron chi connectivity index (χ3n) is 4.57. The normalized spacial score (nSPS) is 10.6. The van der Waals surface area contributed by atoms with Crippen molar-refractivity contribution in [3.05, 3.63) is 74.3 Å². The molecule has 1 amide bonds. The number of rotatable bonds is 6. The van der Waals surface area contributed by atoms with Gasteiger partial charge in [0.25, 0.3) is 17.2 Å². The van der Waals surface area contributed by atoms with Gasteiger partial charge in [0.1, 0.15) is 12.2 Å². The number of aromatic nitrogens is 2. The van der Waals surface area contributed by atoms with E-state index in [1.54, 1.807) is 44.2 Å². The molecule has 0 aliphatic rings. The molecule has 30 heavy (non-hydrogen) atoms. The number of carbonyl (C=O) groups is 2. The fourth-order valence-electron chi connectivity index (χ4n) is 2.84. The second-order valence-electron chi connectivity index (χ2n) is 6.56. The molecule has 3 rings (SSSR count). The molecule has 0 unspecified atom stereocenters. The molecular weight excluding hydrogens is 392 g/mol. The highest BCUT2D eigenvalue weighted by Crippen LogP contribution is 2.30. The summed E-state index contributed by atoms with van der Waals surface area (Å²) in [5.74, 6) is -1.55. The predicted octanol–water partition coefficient (Wildman–Crippen LogP) is 2.10. The number of nitro groups is 1. The molecule has 0 saturated carbocycles. The van der Waals surface area contributed by atoms with Crippen molar-refractivity contribution in [2.24, 2.45) is 0 Å². The monoisotopic (exact) mass is 410 g/mol. The van der Waals surface area contributed by atoms with E-state index in [1.807, 2.05) is 0 Å². The molecule has 10 nitrogen and oxygen atoms in total. The average Bonchev–Trinajstić information content (AvgIpc) is 2.72. The van der Waals surface area contributed by atoms with Gasteiger partial charge in [0.15, 0.2) is 6.61 Å². The molecule has 0 radical (unpaired) electrons. The molecule has 0 spiro atoms. The Bertz CT molecular complexity index is 1220. The molecule has 0 fully saturated rings. The molecule has 0 atom stereocenters. The van der Waals surface area contributed by atoms with Crippen LogP contribution in [-0.2, 0) is 20.9 Å². The van der Waals surface area contributed by atoms with E-state index >= 15 is 0 Å². The van der Waals surface area contributed by atoms with Crippen LogP contribution in [0.2, 0.25) is 0 Å². The van der Waals surface area contributed by atoms with Crippen molar-refractivity contribution in [3.63, 3.8) is 0 Å². The summed E-state index contributed by atoms with van der Waals surface area (Å²) in [4.78, 5) is 51.3. The minimum atomic E-state index is -0.820. The standard InChI is InChI=1S/C20H18N4O6/c1-12-7-8-16(24(28)29)19(13(12)2)22-17(25)10-30-18(26)9-23-11-21-15-6-4-3-5-14(15)20(23)27/h3-8,11H,9-10H2,1-2H3,(H,22,25). The number of ether oxygens (including phenoxy) is 1. The zero-order chi connectivity index (χ0) is 21.8. The van der Waals surface area contributed by atoms with E-state index < -0.39 is 35.5 Å². The number of esters is 1. The van der Waals surface area contributed by atoms with E-state index in [-0.39, 0.29) is 11.4 Å². The summed E-state index contributed by atoms with van der Waals surface area (Å²) in [5, 5.41) is 14.0. The third kappa shape index (κ3) is 4.32. The zero-order valence-electron chi connectivity index (χ0n) is 16.2. The number of fused-ring (bicyclic) bond motifs is 1. The highest BCUT2D eigenvalue weighted by Gasteiger charge is 2.20. The Balaban J connectivity index is 1.65. The van der Waals surface area contributed by atoms with Gasteiger partial charge in [-0.15, -0.1) is 0 Å². The SMILES string of the molecule is Cc1ccc([N+](=O)[O-])c(NC(=O)COC(=O)Cn2cnc3ccccc3c2=O)c1C. The number of hydrogen-bond acceptors (Lipinski definition) is 7. The van der Waals surface area contributed by atoms with Crippen molar-refractivity contribution in [1.82, 2.24) is 9.55 Å². The Labute approximate surface area is 170 Å². The van der Waals surface area contributed by atoms with Crippen LogP contribution in [0.1, 0.15) is 11.1 Å². The maximum absolute atomic E-state index is 12.4. The van der Waals surface area contributed by atoms with Crippen LogP contribution in [-0.4, -0.2) is 33.0 Å². The Morgan fingerprint density at radius 1 is 1.20 bits per heavy atom. The van der Waals surface area contributed by atoms with Gasteiger partial charge in [-0.2, -0.15) is 0 Å². The highest BCUT2D eigenvalue weighted by molar-refractivity contribution is 5.96. The highest BCUT2D eigenvalue weighted by atomic mass is 16.6. The number of nitrogens with one attached hydrogen (secondary N) is 1. The summed E-state index contributed by atoms with van der Waals surface area (Å²) in [6, 6.07) is 9.58. The fraction of sp³-hybridized carbons (Fsp3) is 0.200. The first-order valence-electron chi connectivity index (χ1n) is 8.92. The second-order valence-corrected chi connectivity index (χ2v) is 6.56. The summed E-state index contributed by atoms with van der Waals surface area (Å²) in [6.45, 7) is 2.32. The molecule has 0 saturated heterocycles. The number of para-hydroxylation sites is 1. The van der Waals surface area contributed by atoms with Crippen LogP contribution in [0.25, 0.3) is 10.9 Å². The largest absolute Gasteiger partial charge is 0.454 e. The van der Waals surface area contributed by atoms with Crippen molar-refractivity contribution in [2.75, 3.05) is 11.9 Å². The molecule has 2 aromatic carbocycles. The van der Waals surface area contributed by atoms with E-state index in [0.717, 1.165) is 10.1 Å². The van der Waals surface area contributed by atoms with Gasteiger partial charge in [-0.3, -0.25) is 29.1 Å². The van der Waals surface area contributed by atoms with Crippen molar-refractivity contribution in [3.8, 4) is 0 Å². The molecule has 0 aliphatic carbocycles. The Morgan fingerprint density at radius 3 is 2.67 bits per heavy atom. The molecule has 154 valence electrons. The molecule has 1 aromatic heterocycles. The van der Waals surface area contributed by atoms with Gasteiger partial charge < -0.3 is 10.1 Å². The van der Waals surface area contributed by atoms with Crippen molar-refractivity contribution in [2.45, 2.75) is 20.4 Å². The van der Waals surface area contributed by atoms with Crippen LogP contribution in [0.15, 0.2) is 47.5 Å². The lowest BCUT2D eigenvalue weighted by atomic mass is 10.1. The topological polar surface area (TPSA) is 133 Å². The molecule has 0 bridgehead atoms. The summed E-state index contributed by atoms with van der Waals surface area (Å²) < 4.78 is 5.99. The number of benzene rings is 2. The predicted molar refractivity (Wildman–Crippen MR) is 108 cm³/mol. The van der Waals surface area contributed by atoms with E-state index in [0.29, 0.717) is 16.5 Å². The van der Waals surface area contributed by atoms with Crippen LogP contribution in [0, 0.1) is 24.0 Å². The number of carbonyl (C=O) groups excluding carboxylic acids is 2. The molecule has 10 heteroatoms. The number of nitro benzene ring substituents is 1. The van der Waals surface area contributed by atoms with Crippen molar-refractivity contribution in [1.29, 1.82) is 0 Å². The maximum atomic E-state index is 12.4. The Kier molecular flexibility index (Phi) is 5.86. The summed E-state index contributed by atoms with van der Waals surface area (Å²) >= 11 is 0. The van der Waals surface area contributed by atoms with E-state index in [2.05, 4.69) is 10.3 Å². The lowest BCUT2D eigenvalue weighted by Gasteiger charge is -2.11. The van der Waals surface area contributed by atoms with E-state index in [9.17, 15) is 24.5 Å². The lowest BCUT2D eigenvalue weighted by Crippen LogP contribution is -2.28. The smallest absolute Gasteiger partial charge is 0.326 e. The van der Waals surface area contributed by atoms with Gasteiger partial charge in [0.2, 0.25) is 0 Å². The van der Waals surface area contributed by atoms with Gasteiger partial charge in [0.05, 0.1) is 22.2 Å². The van der Waals surface area contributed by atoms with E-state index in [1.165, 1.54) is 12.4 Å². The van der Waals surface area contributed by atoms with Gasteiger partial charge in [0, 0.05) is 6.07 Å². The number of amides is 1. The first kappa shape index (κ1) is 20.6. The quantitative estimate of drug-likeness (QED) is 0.374. The summed E-state index contributed by atoms with van der Waals surface area (Å²) in [6.07, 6.45) is 1.23. The van der Waals surface area contributed by atoms with Gasteiger partial charge >= 0.3 is 5.97 Å². The van der Waals surface area contributed by atoms with Crippen LogP contribution >= 0.6 is 0 Å². The molecule has 1 N–H and O–H groups in total. The van der Waals surface area contributed by atoms with E-state index in [4.69, 9.17) is 4.74 Å². The van der Waals surface area contributed by atoms with Gasteiger partial charge in [-0.1, -0.05) is 18.2 Å². The number of anilines is 1. The number of aryl methyl sites for hydroxylation is 1. The Hall–Kier alpha value is -4.08. The van der Waals surface area contributed by atoms with Crippen LogP contribution in [0.5, 0.6) is 0 Å². The molecular formula is C20H18N4O6. The van der Waals surface area contributed by atoms with Crippen LogP contribution in [0.3, 0.4) is 0 Å². The Morgan fingerprint density at radius 2 is 1.93 bits per heavy atom. The number of nitrogens with zero attached hydrogens (tertiary/aromatic N) is 3. The summed E-state index contributed by atoms with van der Waals surface area (Å²) in [7, 11) is 0. The van der Waals surface area contributed by atoms with Crippen LogP contribution in [0.4, 0.5) is 11.4 Å². The van der Waals surface area contributed by atoms with Gasteiger partial charge in [-0.05, 0) is 37.1 Å². The third-order valence-corrected chi connectivity index (χ3v) is 4.57. The maximum Gasteiger partial charge on any atom is 0.326 e. The minimum Gasteiger partial charge on any atom is -0.454 e. The molecule has 3 aromatic rings. The van der Waals surface area contributed by atoms with Crippen molar-refractivity contribution < 1.29 is 19.2 Å².